The normalized spacial score (nSPS) is 16.0. The van der Waals surface area contributed by atoms with E-state index in [0.29, 0.717) is 0 Å². The Kier molecular flexibility index (Phi) is 4.50. The Morgan fingerprint density at radius 2 is 2.14 bits per heavy atom. The highest BCUT2D eigenvalue weighted by Gasteiger charge is 2.24. The summed E-state index contributed by atoms with van der Waals surface area (Å²) in [5.74, 6) is -0.00307. The molecule has 0 aliphatic rings. The average molecular weight is 300 g/mol. The van der Waals surface area contributed by atoms with Crippen molar-refractivity contribution in [3.8, 4) is 0 Å². The summed E-state index contributed by atoms with van der Waals surface area (Å²) in [7, 11) is 0. The topological polar surface area (TPSA) is 145 Å². The summed E-state index contributed by atoms with van der Waals surface area (Å²) in [5.41, 5.74) is 11.7. The lowest BCUT2D eigenvalue weighted by Crippen LogP contribution is -2.33. The van der Waals surface area contributed by atoms with Gasteiger partial charge < -0.3 is 26.4 Å². The smallest absolute Gasteiger partial charge is 0.224 e. The molecule has 21 heavy (non-hydrogen) atoms. The fourth-order valence-electron chi connectivity index (χ4n) is 1.85. The Bertz CT molecular complexity index is 619. The van der Waals surface area contributed by atoms with Gasteiger partial charge in [0.25, 0.3) is 0 Å². The maximum Gasteiger partial charge on any atom is 0.224 e. The number of nitrogen functional groups attached to an aromatic ring is 2. The highest BCUT2D eigenvalue weighted by atomic mass is 19.1. The van der Waals surface area contributed by atoms with Gasteiger partial charge in [0.1, 0.15) is 18.3 Å². The van der Waals surface area contributed by atoms with E-state index in [1.54, 1.807) is 0 Å². The van der Waals surface area contributed by atoms with Crippen LogP contribution in [0, 0.1) is 0 Å². The lowest BCUT2D eigenvalue weighted by Gasteiger charge is -2.24. The van der Waals surface area contributed by atoms with Gasteiger partial charge in [0.15, 0.2) is 17.7 Å². The number of halogens is 1. The largest absolute Gasteiger partial charge is 0.394 e. The lowest BCUT2D eigenvalue weighted by atomic mass is 10.2. The second-order valence-corrected chi connectivity index (χ2v) is 4.50. The number of hydrogen-bond donors (Lipinski definition) is 4. The summed E-state index contributed by atoms with van der Waals surface area (Å²) in [6.45, 7) is 0.0545. The first-order valence-corrected chi connectivity index (χ1v) is 6.23. The molecule has 0 amide bonds. The molecule has 0 saturated heterocycles. The molecule has 2 aromatic rings. The fourth-order valence-corrected chi connectivity index (χ4v) is 1.85. The van der Waals surface area contributed by atoms with Gasteiger partial charge in [0.05, 0.1) is 19.0 Å². The van der Waals surface area contributed by atoms with Crippen LogP contribution in [0.4, 0.5) is 16.2 Å². The van der Waals surface area contributed by atoms with Gasteiger partial charge in [-0.1, -0.05) is 0 Å². The number of alkyl halides is 1. The lowest BCUT2D eigenvalue weighted by molar-refractivity contribution is -0.123. The van der Waals surface area contributed by atoms with E-state index >= 15 is 0 Å². The van der Waals surface area contributed by atoms with Crippen molar-refractivity contribution in [2.75, 3.05) is 24.7 Å². The van der Waals surface area contributed by atoms with Crippen molar-refractivity contribution in [1.29, 1.82) is 0 Å². The van der Waals surface area contributed by atoms with Crippen LogP contribution in [0.25, 0.3) is 11.2 Å². The zero-order valence-corrected chi connectivity index (χ0v) is 11.3. The van der Waals surface area contributed by atoms with Crippen molar-refractivity contribution in [1.82, 2.24) is 19.5 Å². The van der Waals surface area contributed by atoms with Gasteiger partial charge >= 0.3 is 0 Å². The molecule has 6 N–H and O–H groups in total. The molecule has 0 aromatic carbocycles. The summed E-state index contributed by atoms with van der Waals surface area (Å²) < 4.78 is 19.9. The molecule has 116 valence electrons. The highest BCUT2D eigenvalue weighted by molar-refractivity contribution is 5.82. The molecule has 3 atom stereocenters. The van der Waals surface area contributed by atoms with E-state index in [0.717, 1.165) is 0 Å². The van der Waals surface area contributed by atoms with Gasteiger partial charge in [0, 0.05) is 0 Å². The molecule has 2 aromatic heterocycles. The van der Waals surface area contributed by atoms with Crippen molar-refractivity contribution >= 4 is 22.9 Å². The maximum atomic E-state index is 13.3. The monoisotopic (exact) mass is 300 g/mol. The SMILES string of the molecule is C[C@H](O)C(CO)O[C@H](CF)n1cnc2c(N)nc(N)nc21. The molecule has 0 saturated carbocycles. The first-order chi connectivity index (χ1) is 9.97. The van der Waals surface area contributed by atoms with Gasteiger partial charge in [-0.25, -0.2) is 9.37 Å². The predicted molar refractivity (Wildman–Crippen MR) is 72.8 cm³/mol. The van der Waals surface area contributed by atoms with E-state index in [9.17, 15) is 9.50 Å². The number of anilines is 2. The van der Waals surface area contributed by atoms with Crippen LogP contribution < -0.4 is 11.5 Å². The number of rotatable bonds is 6. The molecular weight excluding hydrogens is 283 g/mol. The standard InChI is InChI=1S/C11H17FN6O3/c1-5(20)6(3-19)21-7(2-12)18-4-15-8-9(13)16-11(14)17-10(8)18/h4-7,19-20H,2-3H2,1H3,(H4,13,14,16,17)/t5-,6?,7+/m0/s1. The Morgan fingerprint density at radius 1 is 1.43 bits per heavy atom. The number of nitrogens with two attached hydrogens (primary N) is 2. The number of aliphatic hydroxyl groups excluding tert-OH is 2. The first-order valence-electron chi connectivity index (χ1n) is 6.23. The van der Waals surface area contributed by atoms with Gasteiger partial charge in [0.2, 0.25) is 5.95 Å². The van der Waals surface area contributed by atoms with E-state index in [1.807, 2.05) is 0 Å². The van der Waals surface area contributed by atoms with Gasteiger partial charge in [-0.05, 0) is 6.92 Å². The number of aromatic nitrogens is 4. The van der Waals surface area contributed by atoms with Gasteiger partial charge in [-0.2, -0.15) is 9.97 Å². The third kappa shape index (κ3) is 3.01. The van der Waals surface area contributed by atoms with E-state index in [-0.39, 0.29) is 22.9 Å². The van der Waals surface area contributed by atoms with E-state index < -0.39 is 31.7 Å². The summed E-state index contributed by atoms with van der Waals surface area (Å²) in [6, 6.07) is 0. The molecule has 0 fully saturated rings. The van der Waals surface area contributed by atoms with Crippen LogP contribution in [-0.2, 0) is 4.74 Å². The number of aliphatic hydroxyl groups is 2. The molecular formula is C11H17FN6O3. The minimum Gasteiger partial charge on any atom is -0.394 e. The molecule has 10 heteroatoms. The number of hydrogen-bond acceptors (Lipinski definition) is 8. The number of imidazole rings is 1. The molecule has 1 unspecified atom stereocenters. The molecule has 0 spiro atoms. The minimum atomic E-state index is -1.13. The van der Waals surface area contributed by atoms with Crippen LogP contribution in [0.2, 0.25) is 0 Å². The second kappa shape index (κ2) is 6.16. The van der Waals surface area contributed by atoms with E-state index in [2.05, 4.69) is 15.0 Å². The summed E-state index contributed by atoms with van der Waals surface area (Å²) >= 11 is 0. The fraction of sp³-hybridized carbons (Fsp3) is 0.545. The summed E-state index contributed by atoms with van der Waals surface area (Å²) in [5, 5.41) is 18.6. The molecule has 0 bridgehead atoms. The first kappa shape index (κ1) is 15.4. The Balaban J connectivity index is 2.38. The number of ether oxygens (including phenoxy) is 1. The third-order valence-electron chi connectivity index (χ3n) is 2.96. The molecule has 0 aliphatic heterocycles. The van der Waals surface area contributed by atoms with Crippen LogP contribution in [0.3, 0.4) is 0 Å². The quantitative estimate of drug-likeness (QED) is 0.543. The number of nitrogens with zero attached hydrogens (tertiary/aromatic N) is 4. The number of fused-ring (bicyclic) bond motifs is 1. The van der Waals surface area contributed by atoms with Crippen LogP contribution in [0.1, 0.15) is 13.2 Å². The third-order valence-corrected chi connectivity index (χ3v) is 2.96. The average Bonchev–Trinajstić information content (AvgIpc) is 2.83. The van der Waals surface area contributed by atoms with Crippen LogP contribution >= 0.6 is 0 Å². The van der Waals surface area contributed by atoms with Crippen molar-refractivity contribution in [3.63, 3.8) is 0 Å². The Labute approximate surface area is 119 Å². The van der Waals surface area contributed by atoms with E-state index in [1.165, 1.54) is 17.8 Å². The zero-order valence-electron chi connectivity index (χ0n) is 11.3. The van der Waals surface area contributed by atoms with Crippen molar-refractivity contribution in [2.45, 2.75) is 25.4 Å². The molecule has 0 radical (unpaired) electrons. The van der Waals surface area contributed by atoms with Gasteiger partial charge in [-0.15, -0.1) is 0 Å². The highest BCUT2D eigenvalue weighted by Crippen LogP contribution is 2.23. The molecule has 2 rings (SSSR count). The van der Waals surface area contributed by atoms with Crippen LogP contribution in [0.5, 0.6) is 0 Å². The molecule has 9 nitrogen and oxygen atoms in total. The van der Waals surface area contributed by atoms with Crippen molar-refractivity contribution in [3.05, 3.63) is 6.33 Å². The van der Waals surface area contributed by atoms with E-state index in [4.69, 9.17) is 21.3 Å². The Hall–Kier alpha value is -2.04. The van der Waals surface area contributed by atoms with Crippen molar-refractivity contribution < 1.29 is 19.3 Å². The Morgan fingerprint density at radius 3 is 2.71 bits per heavy atom. The molecule has 0 aliphatic carbocycles. The second-order valence-electron chi connectivity index (χ2n) is 4.50. The minimum absolute atomic E-state index is 0.0723. The zero-order chi connectivity index (χ0) is 15.6. The van der Waals surface area contributed by atoms with Crippen LogP contribution in [0.15, 0.2) is 6.33 Å². The molecule has 2 heterocycles. The van der Waals surface area contributed by atoms with Gasteiger partial charge in [-0.3, -0.25) is 4.57 Å². The van der Waals surface area contributed by atoms with Crippen LogP contribution in [-0.4, -0.2) is 55.2 Å². The summed E-state index contributed by atoms with van der Waals surface area (Å²) in [4.78, 5) is 11.7. The van der Waals surface area contributed by atoms with Crippen molar-refractivity contribution in [2.24, 2.45) is 0 Å². The maximum absolute atomic E-state index is 13.3. The predicted octanol–water partition coefficient (Wildman–Crippen LogP) is -0.783. The summed E-state index contributed by atoms with van der Waals surface area (Å²) in [6.07, 6.45) is -1.76.